The third-order valence-corrected chi connectivity index (χ3v) is 3.17. The lowest BCUT2D eigenvalue weighted by Gasteiger charge is -2.36. The molecule has 1 aromatic heterocycles. The number of piperazine rings is 1. The van der Waals surface area contributed by atoms with E-state index in [0.29, 0.717) is 12.1 Å². The van der Waals surface area contributed by atoms with Crippen LogP contribution in [-0.2, 0) is 0 Å². The molecular weight excluding hydrogens is 200 g/mol. The summed E-state index contributed by atoms with van der Waals surface area (Å²) in [7, 11) is 4.18. The molecule has 0 aromatic carbocycles. The van der Waals surface area contributed by atoms with Crippen LogP contribution in [0, 0.1) is 0 Å². The Hall–Kier alpha value is -0.970. The summed E-state index contributed by atoms with van der Waals surface area (Å²) in [5, 5.41) is 6.95. The van der Waals surface area contributed by atoms with Crippen molar-refractivity contribution in [2.75, 3.05) is 33.7 Å². The molecule has 0 saturated carbocycles. The molecule has 2 heterocycles. The normalized spacial score (nSPS) is 24.2. The lowest BCUT2D eigenvalue weighted by molar-refractivity contribution is 0.209. The van der Waals surface area contributed by atoms with Gasteiger partial charge in [0, 0.05) is 38.1 Å². The highest BCUT2D eigenvalue weighted by Crippen LogP contribution is 2.17. The number of aromatic nitrogens is 1. The van der Waals surface area contributed by atoms with Crippen LogP contribution >= 0.6 is 0 Å². The second kappa shape index (κ2) is 5.39. The molecule has 2 N–H and O–H groups in total. The molecule has 1 saturated heterocycles. The molecule has 0 aliphatic carbocycles. The van der Waals surface area contributed by atoms with Crippen molar-refractivity contribution in [3.05, 3.63) is 30.1 Å². The largest absolute Gasteiger partial charge is 0.312 e. The first-order valence-corrected chi connectivity index (χ1v) is 5.80. The number of nitrogens with zero attached hydrogens (tertiary/aromatic N) is 2. The maximum atomic E-state index is 4.19. The van der Waals surface area contributed by atoms with E-state index in [4.69, 9.17) is 0 Å². The van der Waals surface area contributed by atoms with Crippen molar-refractivity contribution in [3.8, 4) is 0 Å². The molecule has 1 fully saturated rings. The average molecular weight is 220 g/mol. The second-order valence-electron chi connectivity index (χ2n) is 4.38. The predicted octanol–water partition coefficient (Wildman–Crippen LogP) is 0.246. The number of nitrogens with one attached hydrogen (secondary N) is 2. The van der Waals surface area contributed by atoms with E-state index < -0.39 is 0 Å². The van der Waals surface area contributed by atoms with Crippen LogP contribution in [0.25, 0.3) is 0 Å². The topological polar surface area (TPSA) is 40.2 Å². The number of rotatable bonds is 3. The van der Waals surface area contributed by atoms with E-state index >= 15 is 0 Å². The van der Waals surface area contributed by atoms with Gasteiger partial charge in [-0.3, -0.25) is 4.98 Å². The van der Waals surface area contributed by atoms with E-state index in [-0.39, 0.29) is 0 Å². The van der Waals surface area contributed by atoms with Gasteiger partial charge in [0.2, 0.25) is 0 Å². The molecular formula is C12H20N4. The van der Waals surface area contributed by atoms with Gasteiger partial charge in [-0.05, 0) is 25.7 Å². The molecule has 2 unspecified atom stereocenters. The van der Waals surface area contributed by atoms with Crippen molar-refractivity contribution in [2.45, 2.75) is 12.1 Å². The summed E-state index contributed by atoms with van der Waals surface area (Å²) in [5.74, 6) is 0. The Bertz CT molecular complexity index is 314. The molecule has 1 aromatic rings. The minimum atomic E-state index is 0.330. The van der Waals surface area contributed by atoms with E-state index in [1.54, 1.807) is 0 Å². The summed E-state index contributed by atoms with van der Waals surface area (Å²) in [6, 6.07) is 4.90. The van der Waals surface area contributed by atoms with Gasteiger partial charge in [-0.25, -0.2) is 0 Å². The van der Waals surface area contributed by atoms with Crippen LogP contribution in [0.15, 0.2) is 24.5 Å². The highest BCUT2D eigenvalue weighted by molar-refractivity contribution is 5.16. The molecule has 4 nitrogen and oxygen atoms in total. The fourth-order valence-corrected chi connectivity index (χ4v) is 2.32. The zero-order valence-corrected chi connectivity index (χ0v) is 9.98. The Labute approximate surface area is 97.1 Å². The molecule has 4 heteroatoms. The second-order valence-corrected chi connectivity index (χ2v) is 4.38. The monoisotopic (exact) mass is 220 g/mol. The van der Waals surface area contributed by atoms with Crippen LogP contribution in [0.2, 0.25) is 0 Å². The summed E-state index contributed by atoms with van der Waals surface area (Å²) in [4.78, 5) is 6.55. The minimum Gasteiger partial charge on any atom is -0.312 e. The summed E-state index contributed by atoms with van der Waals surface area (Å²) < 4.78 is 0. The van der Waals surface area contributed by atoms with Gasteiger partial charge in [0.05, 0.1) is 6.04 Å². The lowest BCUT2D eigenvalue weighted by Crippen LogP contribution is -2.54. The first-order chi connectivity index (χ1) is 7.81. The maximum absolute atomic E-state index is 4.19. The highest BCUT2D eigenvalue weighted by Gasteiger charge is 2.25. The molecule has 2 rings (SSSR count). The fourth-order valence-electron chi connectivity index (χ4n) is 2.32. The van der Waals surface area contributed by atoms with Crippen molar-refractivity contribution < 1.29 is 0 Å². The van der Waals surface area contributed by atoms with Gasteiger partial charge in [-0.15, -0.1) is 0 Å². The van der Waals surface area contributed by atoms with Gasteiger partial charge in [-0.2, -0.15) is 0 Å². The van der Waals surface area contributed by atoms with Gasteiger partial charge >= 0.3 is 0 Å². The number of pyridine rings is 1. The van der Waals surface area contributed by atoms with Crippen molar-refractivity contribution in [2.24, 2.45) is 0 Å². The fraction of sp³-hybridized carbons (Fsp3) is 0.583. The standard InChI is InChI=1S/C12H20N4/c1-13-12(10-4-3-5-14-8-10)11-9-16(2)7-6-15-11/h3-5,8,11-13,15H,6-7,9H2,1-2H3. The van der Waals surface area contributed by atoms with Gasteiger partial charge in [0.1, 0.15) is 0 Å². The number of hydrogen-bond acceptors (Lipinski definition) is 4. The Morgan fingerprint density at radius 2 is 2.50 bits per heavy atom. The van der Waals surface area contributed by atoms with E-state index in [2.05, 4.69) is 33.6 Å². The van der Waals surface area contributed by atoms with Crippen LogP contribution in [0.5, 0.6) is 0 Å². The number of hydrogen-bond donors (Lipinski definition) is 2. The van der Waals surface area contributed by atoms with E-state index in [1.807, 2.05) is 25.5 Å². The van der Waals surface area contributed by atoms with Crippen LogP contribution in [0.1, 0.15) is 11.6 Å². The predicted molar refractivity (Wildman–Crippen MR) is 65.3 cm³/mol. The van der Waals surface area contributed by atoms with Crippen molar-refractivity contribution in [1.29, 1.82) is 0 Å². The van der Waals surface area contributed by atoms with Gasteiger partial charge in [0.25, 0.3) is 0 Å². The van der Waals surface area contributed by atoms with Crippen LogP contribution in [0.3, 0.4) is 0 Å². The molecule has 1 aliphatic heterocycles. The Kier molecular flexibility index (Phi) is 3.88. The molecule has 16 heavy (non-hydrogen) atoms. The van der Waals surface area contributed by atoms with E-state index in [9.17, 15) is 0 Å². The van der Waals surface area contributed by atoms with Crippen molar-refractivity contribution in [1.82, 2.24) is 20.5 Å². The minimum absolute atomic E-state index is 0.330. The van der Waals surface area contributed by atoms with Gasteiger partial charge in [-0.1, -0.05) is 6.07 Å². The van der Waals surface area contributed by atoms with Gasteiger partial charge in [0.15, 0.2) is 0 Å². The first kappa shape index (κ1) is 11.5. The van der Waals surface area contributed by atoms with Crippen LogP contribution in [-0.4, -0.2) is 49.7 Å². The first-order valence-electron chi connectivity index (χ1n) is 5.80. The summed E-state index contributed by atoms with van der Waals surface area (Å²) in [6.45, 7) is 3.25. The third-order valence-electron chi connectivity index (χ3n) is 3.17. The zero-order chi connectivity index (χ0) is 11.4. The molecule has 2 atom stereocenters. The Balaban J connectivity index is 2.10. The van der Waals surface area contributed by atoms with E-state index in [0.717, 1.165) is 19.6 Å². The third kappa shape index (κ3) is 2.58. The highest BCUT2D eigenvalue weighted by atomic mass is 15.2. The summed E-state index contributed by atoms with van der Waals surface area (Å²) >= 11 is 0. The van der Waals surface area contributed by atoms with Gasteiger partial charge < -0.3 is 15.5 Å². The number of likely N-dealkylation sites (N-methyl/N-ethyl adjacent to an activating group) is 2. The van der Waals surface area contributed by atoms with Crippen LogP contribution in [0.4, 0.5) is 0 Å². The lowest BCUT2D eigenvalue weighted by atomic mass is 9.99. The summed E-state index contributed by atoms with van der Waals surface area (Å²) in [5.41, 5.74) is 1.25. The molecule has 88 valence electrons. The molecule has 0 radical (unpaired) electrons. The Morgan fingerprint density at radius 1 is 1.62 bits per heavy atom. The van der Waals surface area contributed by atoms with Crippen molar-refractivity contribution >= 4 is 0 Å². The van der Waals surface area contributed by atoms with E-state index in [1.165, 1.54) is 5.56 Å². The van der Waals surface area contributed by atoms with Crippen molar-refractivity contribution in [3.63, 3.8) is 0 Å². The quantitative estimate of drug-likeness (QED) is 0.766. The molecule has 0 bridgehead atoms. The molecule has 0 amide bonds. The average Bonchev–Trinajstić information content (AvgIpc) is 2.31. The summed E-state index contributed by atoms with van der Waals surface area (Å²) in [6.07, 6.45) is 3.76. The Morgan fingerprint density at radius 3 is 3.12 bits per heavy atom. The zero-order valence-electron chi connectivity index (χ0n) is 9.98. The van der Waals surface area contributed by atoms with Crippen LogP contribution < -0.4 is 10.6 Å². The smallest absolute Gasteiger partial charge is 0.0501 e. The molecule has 0 spiro atoms. The maximum Gasteiger partial charge on any atom is 0.0501 e. The SMILES string of the molecule is CNC(c1cccnc1)C1CN(C)CCN1. The molecule has 1 aliphatic rings.